The van der Waals surface area contributed by atoms with Gasteiger partial charge in [-0.3, -0.25) is 4.79 Å². The molecule has 0 spiro atoms. The third kappa shape index (κ3) is 2.97. The van der Waals surface area contributed by atoms with Gasteiger partial charge in [0.05, 0.1) is 5.56 Å². The summed E-state index contributed by atoms with van der Waals surface area (Å²) in [7, 11) is 0. The van der Waals surface area contributed by atoms with Gasteiger partial charge in [-0.05, 0) is 38.5 Å². The number of carbonyl (C=O) groups is 1. The monoisotopic (exact) mass is 222 g/mol. The highest BCUT2D eigenvalue weighted by atomic mass is 16.3. The Hall–Kier alpha value is -1.55. The largest absolute Gasteiger partial charge is 0.507 e. The molecule has 1 aromatic rings. The lowest BCUT2D eigenvalue weighted by atomic mass is 10.0. The number of amides is 1. The van der Waals surface area contributed by atoms with Crippen molar-refractivity contribution in [2.24, 2.45) is 5.73 Å². The summed E-state index contributed by atoms with van der Waals surface area (Å²) in [5.74, 6) is -0.321. The molecule has 0 radical (unpaired) electrons. The van der Waals surface area contributed by atoms with Crippen LogP contribution in [0.4, 0.5) is 0 Å². The average Bonchev–Trinajstić information content (AvgIpc) is 2.16. The van der Waals surface area contributed by atoms with Crippen LogP contribution in [0.2, 0.25) is 0 Å². The third-order valence-corrected chi connectivity index (χ3v) is 2.36. The van der Waals surface area contributed by atoms with Gasteiger partial charge in [0.2, 0.25) is 0 Å². The maximum atomic E-state index is 11.8. The van der Waals surface area contributed by atoms with Crippen molar-refractivity contribution < 1.29 is 9.90 Å². The number of aromatic hydroxyl groups is 1. The number of nitrogens with two attached hydrogens (primary N) is 1. The number of benzene rings is 1. The maximum absolute atomic E-state index is 11.8. The van der Waals surface area contributed by atoms with E-state index in [9.17, 15) is 9.90 Å². The summed E-state index contributed by atoms with van der Waals surface area (Å²) in [6.07, 6.45) is 0. The van der Waals surface area contributed by atoms with Gasteiger partial charge in [0, 0.05) is 12.1 Å². The topological polar surface area (TPSA) is 75.4 Å². The fraction of sp³-hybridized carbons (Fsp3) is 0.417. The third-order valence-electron chi connectivity index (χ3n) is 2.36. The lowest BCUT2D eigenvalue weighted by Gasteiger charge is -2.24. The predicted octanol–water partition coefficient (Wildman–Crippen LogP) is 1.17. The molecule has 0 heterocycles. The van der Waals surface area contributed by atoms with Crippen LogP contribution < -0.4 is 11.1 Å². The van der Waals surface area contributed by atoms with Crippen molar-refractivity contribution in [3.8, 4) is 5.75 Å². The smallest absolute Gasteiger partial charge is 0.255 e. The van der Waals surface area contributed by atoms with Gasteiger partial charge < -0.3 is 16.2 Å². The van der Waals surface area contributed by atoms with Gasteiger partial charge >= 0.3 is 0 Å². The van der Waals surface area contributed by atoms with E-state index < -0.39 is 5.54 Å². The van der Waals surface area contributed by atoms with Crippen LogP contribution in [-0.4, -0.2) is 23.1 Å². The second-order valence-corrected chi connectivity index (χ2v) is 4.56. The van der Waals surface area contributed by atoms with Gasteiger partial charge in [0.1, 0.15) is 5.75 Å². The molecular weight excluding hydrogens is 204 g/mol. The Balaban J connectivity index is 2.89. The molecule has 0 aliphatic carbocycles. The zero-order valence-electron chi connectivity index (χ0n) is 9.87. The molecule has 0 atom stereocenters. The van der Waals surface area contributed by atoms with Crippen molar-refractivity contribution in [3.05, 3.63) is 29.3 Å². The van der Waals surface area contributed by atoms with Crippen LogP contribution in [0.15, 0.2) is 18.2 Å². The summed E-state index contributed by atoms with van der Waals surface area (Å²) in [6, 6.07) is 4.95. The number of phenols is 1. The first kappa shape index (κ1) is 12.5. The Morgan fingerprint density at radius 2 is 2.12 bits per heavy atom. The molecule has 4 N–H and O–H groups in total. The van der Waals surface area contributed by atoms with E-state index >= 15 is 0 Å². The normalized spacial score (nSPS) is 11.2. The van der Waals surface area contributed by atoms with Crippen molar-refractivity contribution in [2.75, 3.05) is 6.54 Å². The van der Waals surface area contributed by atoms with Crippen molar-refractivity contribution in [3.63, 3.8) is 0 Å². The molecule has 4 nitrogen and oxygen atoms in total. The Morgan fingerprint density at radius 3 is 2.62 bits per heavy atom. The van der Waals surface area contributed by atoms with E-state index in [2.05, 4.69) is 5.32 Å². The number of rotatable bonds is 3. The van der Waals surface area contributed by atoms with E-state index in [-0.39, 0.29) is 17.2 Å². The van der Waals surface area contributed by atoms with Crippen LogP contribution in [0.25, 0.3) is 0 Å². The molecule has 0 fully saturated rings. The van der Waals surface area contributed by atoms with Gasteiger partial charge in [-0.2, -0.15) is 0 Å². The van der Waals surface area contributed by atoms with Crippen molar-refractivity contribution in [1.29, 1.82) is 0 Å². The zero-order valence-corrected chi connectivity index (χ0v) is 9.87. The Labute approximate surface area is 95.5 Å². The van der Waals surface area contributed by atoms with E-state index in [1.54, 1.807) is 18.2 Å². The molecule has 0 unspecified atom stereocenters. The van der Waals surface area contributed by atoms with Gasteiger partial charge in [-0.15, -0.1) is 0 Å². The Bertz CT molecular complexity index is 400. The number of hydrogen-bond acceptors (Lipinski definition) is 3. The van der Waals surface area contributed by atoms with Crippen LogP contribution in [0.3, 0.4) is 0 Å². The number of phenolic OH excluding ortho intramolecular Hbond substituents is 1. The quantitative estimate of drug-likeness (QED) is 0.718. The summed E-state index contributed by atoms with van der Waals surface area (Å²) in [6.45, 7) is 5.85. The van der Waals surface area contributed by atoms with Gasteiger partial charge in [-0.25, -0.2) is 0 Å². The first-order valence-corrected chi connectivity index (χ1v) is 5.18. The van der Waals surface area contributed by atoms with Gasteiger partial charge in [-0.1, -0.05) is 6.07 Å². The first-order chi connectivity index (χ1) is 7.35. The van der Waals surface area contributed by atoms with Crippen LogP contribution in [0, 0.1) is 6.92 Å². The second-order valence-electron chi connectivity index (χ2n) is 4.56. The molecule has 1 rings (SSSR count). The van der Waals surface area contributed by atoms with Gasteiger partial charge in [0.15, 0.2) is 0 Å². The van der Waals surface area contributed by atoms with E-state index in [4.69, 9.17) is 5.73 Å². The van der Waals surface area contributed by atoms with E-state index in [0.29, 0.717) is 6.54 Å². The summed E-state index contributed by atoms with van der Waals surface area (Å²) < 4.78 is 0. The van der Waals surface area contributed by atoms with Crippen LogP contribution in [-0.2, 0) is 0 Å². The van der Waals surface area contributed by atoms with Crippen molar-refractivity contribution in [1.82, 2.24) is 5.32 Å². The molecule has 0 saturated heterocycles. The minimum atomic E-state index is -0.478. The SMILES string of the molecule is Cc1ccc(C(=O)NC(C)(C)CN)c(O)c1. The standard InChI is InChI=1S/C12H18N2O2/c1-8-4-5-9(10(15)6-8)11(16)14-12(2,3)7-13/h4-6,15H,7,13H2,1-3H3,(H,14,16). The van der Waals surface area contributed by atoms with Crippen LogP contribution in [0.1, 0.15) is 29.8 Å². The Morgan fingerprint density at radius 1 is 1.50 bits per heavy atom. The molecule has 4 heteroatoms. The number of hydrogen-bond donors (Lipinski definition) is 3. The average molecular weight is 222 g/mol. The minimum absolute atomic E-state index is 0.00896. The molecule has 0 aromatic heterocycles. The lowest BCUT2D eigenvalue weighted by molar-refractivity contribution is 0.0913. The number of nitrogens with one attached hydrogen (secondary N) is 1. The van der Waals surface area contributed by atoms with Crippen molar-refractivity contribution in [2.45, 2.75) is 26.3 Å². The fourth-order valence-electron chi connectivity index (χ4n) is 1.26. The lowest BCUT2D eigenvalue weighted by Crippen LogP contribution is -2.48. The molecule has 0 bridgehead atoms. The van der Waals surface area contributed by atoms with Crippen molar-refractivity contribution >= 4 is 5.91 Å². The predicted molar refractivity (Wildman–Crippen MR) is 63.4 cm³/mol. The van der Waals surface area contributed by atoms with Crippen LogP contribution >= 0.6 is 0 Å². The summed E-state index contributed by atoms with van der Waals surface area (Å²) in [4.78, 5) is 11.8. The minimum Gasteiger partial charge on any atom is -0.507 e. The summed E-state index contributed by atoms with van der Waals surface area (Å²) in [5.41, 5.74) is 6.22. The highest BCUT2D eigenvalue weighted by Crippen LogP contribution is 2.18. The van der Waals surface area contributed by atoms with E-state index in [0.717, 1.165) is 5.56 Å². The Kier molecular flexibility index (Phi) is 3.55. The molecule has 1 aromatic carbocycles. The number of aryl methyl sites for hydroxylation is 1. The highest BCUT2D eigenvalue weighted by Gasteiger charge is 2.20. The molecule has 1 amide bonds. The highest BCUT2D eigenvalue weighted by molar-refractivity contribution is 5.97. The van der Waals surface area contributed by atoms with Crippen LogP contribution in [0.5, 0.6) is 5.75 Å². The zero-order chi connectivity index (χ0) is 12.3. The molecule has 16 heavy (non-hydrogen) atoms. The van der Waals surface area contributed by atoms with E-state index in [1.165, 1.54) is 0 Å². The maximum Gasteiger partial charge on any atom is 0.255 e. The first-order valence-electron chi connectivity index (χ1n) is 5.18. The molecule has 88 valence electrons. The molecule has 0 saturated carbocycles. The van der Waals surface area contributed by atoms with Gasteiger partial charge in [0.25, 0.3) is 5.91 Å². The fourth-order valence-corrected chi connectivity index (χ4v) is 1.26. The summed E-state index contributed by atoms with van der Waals surface area (Å²) in [5, 5.41) is 12.4. The molecule has 0 aliphatic rings. The second kappa shape index (κ2) is 4.53. The summed E-state index contributed by atoms with van der Waals surface area (Å²) >= 11 is 0. The molecular formula is C12H18N2O2. The van der Waals surface area contributed by atoms with E-state index in [1.807, 2.05) is 20.8 Å². The number of carbonyl (C=O) groups excluding carboxylic acids is 1. The molecule has 0 aliphatic heterocycles.